The fourth-order valence-corrected chi connectivity index (χ4v) is 0.799. The van der Waals surface area contributed by atoms with Gasteiger partial charge in [0.1, 0.15) is 12.1 Å². The Balaban J connectivity index is 0.000000583. The number of nitrogens with one attached hydrogen (secondary N) is 1. The molecule has 0 aliphatic carbocycles. The number of anilines is 1. The van der Waals surface area contributed by atoms with Crippen molar-refractivity contribution in [1.29, 1.82) is 0 Å². The molecule has 7 N–H and O–H groups in total. The van der Waals surface area contributed by atoms with Crippen molar-refractivity contribution in [3.8, 4) is 0 Å². The van der Waals surface area contributed by atoms with Crippen LogP contribution >= 0.6 is 0 Å². The van der Waals surface area contributed by atoms with Gasteiger partial charge in [-0.1, -0.05) is 0 Å². The van der Waals surface area contributed by atoms with Crippen LogP contribution in [-0.4, -0.2) is 28.4 Å². The SMILES string of the molecule is CC(=O)n1cnc(C(N)=O)c1N.CNN. The van der Waals surface area contributed by atoms with Gasteiger partial charge in [0.05, 0.1) is 0 Å². The number of imidazole rings is 1. The number of nitrogens with two attached hydrogens (primary N) is 3. The van der Waals surface area contributed by atoms with Gasteiger partial charge in [-0.3, -0.25) is 25.4 Å². The van der Waals surface area contributed by atoms with Crippen molar-refractivity contribution >= 4 is 17.6 Å². The maximum absolute atomic E-state index is 10.8. The largest absolute Gasteiger partial charge is 0.383 e. The third kappa shape index (κ3) is 3.37. The highest BCUT2D eigenvalue weighted by atomic mass is 16.2. The van der Waals surface area contributed by atoms with Crippen molar-refractivity contribution in [1.82, 2.24) is 15.0 Å². The number of amides is 1. The molecule has 1 heterocycles. The van der Waals surface area contributed by atoms with Crippen LogP contribution in [0.5, 0.6) is 0 Å². The van der Waals surface area contributed by atoms with Crippen LogP contribution in [-0.2, 0) is 0 Å². The second-order valence-corrected chi connectivity index (χ2v) is 2.52. The van der Waals surface area contributed by atoms with E-state index in [2.05, 4.69) is 16.3 Å². The quantitative estimate of drug-likeness (QED) is 0.324. The summed E-state index contributed by atoms with van der Waals surface area (Å²) in [5.74, 6) is 3.52. The first kappa shape index (κ1) is 13.1. The summed E-state index contributed by atoms with van der Waals surface area (Å²) in [6.07, 6.45) is 1.16. The number of carbonyl (C=O) groups is 2. The molecule has 0 unspecified atom stereocenters. The molecule has 8 nitrogen and oxygen atoms in total. The number of aromatic nitrogens is 2. The molecular weight excluding hydrogens is 200 g/mol. The highest BCUT2D eigenvalue weighted by molar-refractivity contribution is 5.97. The van der Waals surface area contributed by atoms with E-state index in [0.717, 1.165) is 10.9 Å². The van der Waals surface area contributed by atoms with Gasteiger partial charge in [0.25, 0.3) is 5.91 Å². The van der Waals surface area contributed by atoms with Gasteiger partial charge in [-0.15, -0.1) is 0 Å². The first-order valence-electron chi connectivity index (χ1n) is 3.96. The fraction of sp³-hybridized carbons (Fsp3) is 0.286. The Labute approximate surface area is 86.4 Å². The van der Waals surface area contributed by atoms with E-state index in [1.165, 1.54) is 6.92 Å². The summed E-state index contributed by atoms with van der Waals surface area (Å²) in [7, 11) is 1.65. The average Bonchev–Trinajstić information content (AvgIpc) is 2.48. The van der Waals surface area contributed by atoms with Gasteiger partial charge in [-0.2, -0.15) is 0 Å². The lowest BCUT2D eigenvalue weighted by Crippen LogP contribution is -2.15. The summed E-state index contributed by atoms with van der Waals surface area (Å²) in [6.45, 7) is 1.31. The summed E-state index contributed by atoms with van der Waals surface area (Å²) in [6, 6.07) is 0. The van der Waals surface area contributed by atoms with Gasteiger partial charge in [-0.05, 0) is 7.05 Å². The number of nitrogens with zero attached hydrogens (tertiary/aromatic N) is 2. The molecule has 1 rings (SSSR count). The van der Waals surface area contributed by atoms with Crippen LogP contribution < -0.4 is 22.7 Å². The molecule has 8 heteroatoms. The number of nitrogen functional groups attached to an aromatic ring is 1. The number of primary amides is 1. The molecular formula is C7H14N6O2. The van der Waals surface area contributed by atoms with Gasteiger partial charge in [0, 0.05) is 6.92 Å². The molecule has 0 saturated carbocycles. The molecule has 0 spiro atoms. The zero-order chi connectivity index (χ0) is 12.0. The first-order valence-corrected chi connectivity index (χ1v) is 3.96. The molecule has 0 aliphatic rings. The van der Waals surface area contributed by atoms with Gasteiger partial charge in [-0.25, -0.2) is 4.98 Å². The number of hydrogen-bond donors (Lipinski definition) is 4. The Bertz CT molecular complexity index is 327. The van der Waals surface area contributed by atoms with Crippen LogP contribution in [0.4, 0.5) is 5.82 Å². The number of carbonyl (C=O) groups excluding carboxylic acids is 2. The van der Waals surface area contributed by atoms with Crippen LogP contribution in [0, 0.1) is 0 Å². The molecule has 0 atom stereocenters. The van der Waals surface area contributed by atoms with Crippen LogP contribution in [0.2, 0.25) is 0 Å². The summed E-state index contributed by atoms with van der Waals surface area (Å²) in [5.41, 5.74) is 12.5. The normalized spacial score (nSPS) is 9.00. The standard InChI is InChI=1S/C6H8N4O2.CH6N2/c1-3(11)10-2-9-4(5(10)7)6(8)12;1-3-2/h2H,7H2,1H3,(H2,8,12);3H,2H2,1H3. The lowest BCUT2D eigenvalue weighted by molar-refractivity contribution is 0.0938. The maximum atomic E-state index is 10.8. The molecule has 0 radical (unpaired) electrons. The topological polar surface area (TPSA) is 142 Å². The van der Waals surface area contributed by atoms with Crippen molar-refractivity contribution < 1.29 is 9.59 Å². The molecule has 84 valence electrons. The molecule has 0 fully saturated rings. The predicted octanol–water partition coefficient (Wildman–Crippen LogP) is -1.70. The Morgan fingerprint density at radius 1 is 1.53 bits per heavy atom. The predicted molar refractivity (Wildman–Crippen MR) is 54.7 cm³/mol. The minimum Gasteiger partial charge on any atom is -0.383 e. The van der Waals surface area contributed by atoms with Crippen LogP contribution in [0.1, 0.15) is 22.2 Å². The van der Waals surface area contributed by atoms with E-state index in [-0.39, 0.29) is 17.4 Å². The summed E-state index contributed by atoms with van der Waals surface area (Å²) >= 11 is 0. The summed E-state index contributed by atoms with van der Waals surface area (Å²) < 4.78 is 1.06. The van der Waals surface area contributed by atoms with Crippen molar-refractivity contribution in [3.05, 3.63) is 12.0 Å². The highest BCUT2D eigenvalue weighted by Crippen LogP contribution is 2.07. The van der Waals surface area contributed by atoms with Crippen LogP contribution in [0.15, 0.2) is 6.33 Å². The smallest absolute Gasteiger partial charge is 0.271 e. The summed E-state index contributed by atoms with van der Waals surface area (Å²) in [4.78, 5) is 25.0. The van der Waals surface area contributed by atoms with Crippen molar-refractivity contribution in [2.24, 2.45) is 11.6 Å². The van der Waals surface area contributed by atoms with Crippen molar-refractivity contribution in [2.75, 3.05) is 12.8 Å². The average molecular weight is 214 g/mol. The zero-order valence-electron chi connectivity index (χ0n) is 8.52. The Hall–Kier alpha value is -1.93. The van der Waals surface area contributed by atoms with Crippen LogP contribution in [0.3, 0.4) is 0 Å². The maximum Gasteiger partial charge on any atom is 0.271 e. The molecule has 0 aliphatic heterocycles. The monoisotopic (exact) mass is 214 g/mol. The van der Waals surface area contributed by atoms with Crippen molar-refractivity contribution in [3.63, 3.8) is 0 Å². The molecule has 0 saturated heterocycles. The lowest BCUT2D eigenvalue weighted by Gasteiger charge is -1.97. The zero-order valence-corrected chi connectivity index (χ0v) is 8.52. The lowest BCUT2D eigenvalue weighted by atomic mass is 10.4. The molecule has 1 aromatic rings. The van der Waals surface area contributed by atoms with Gasteiger partial charge in [0.15, 0.2) is 5.69 Å². The molecule has 0 bridgehead atoms. The number of hydrazine groups is 1. The van der Waals surface area contributed by atoms with Gasteiger partial charge in [0.2, 0.25) is 5.91 Å². The second-order valence-electron chi connectivity index (χ2n) is 2.52. The third-order valence-electron chi connectivity index (χ3n) is 1.38. The minimum atomic E-state index is -0.743. The fourth-order valence-electron chi connectivity index (χ4n) is 0.799. The van der Waals surface area contributed by atoms with Crippen molar-refractivity contribution in [2.45, 2.75) is 6.92 Å². The highest BCUT2D eigenvalue weighted by Gasteiger charge is 2.13. The van der Waals surface area contributed by atoms with E-state index in [1.54, 1.807) is 7.05 Å². The van der Waals surface area contributed by atoms with E-state index in [1.807, 2.05) is 0 Å². The minimum absolute atomic E-state index is 0.0185. The Kier molecular flexibility index (Phi) is 4.99. The van der Waals surface area contributed by atoms with Gasteiger partial charge >= 0.3 is 0 Å². The summed E-state index contributed by atoms with van der Waals surface area (Å²) in [5, 5.41) is 0. The molecule has 15 heavy (non-hydrogen) atoms. The van der Waals surface area contributed by atoms with E-state index in [4.69, 9.17) is 11.5 Å². The first-order chi connectivity index (χ1) is 6.95. The molecule has 0 aromatic carbocycles. The van der Waals surface area contributed by atoms with Gasteiger partial charge < -0.3 is 11.5 Å². The van der Waals surface area contributed by atoms with E-state index in [0.29, 0.717) is 0 Å². The van der Waals surface area contributed by atoms with E-state index >= 15 is 0 Å². The number of rotatable bonds is 1. The third-order valence-corrected chi connectivity index (χ3v) is 1.38. The van der Waals surface area contributed by atoms with Crippen LogP contribution in [0.25, 0.3) is 0 Å². The molecule has 1 aromatic heterocycles. The second kappa shape index (κ2) is 5.73. The van der Waals surface area contributed by atoms with E-state index < -0.39 is 5.91 Å². The number of hydrogen-bond acceptors (Lipinski definition) is 6. The Morgan fingerprint density at radius 2 is 2.00 bits per heavy atom. The Morgan fingerprint density at radius 3 is 2.20 bits per heavy atom. The molecule has 1 amide bonds. The van der Waals surface area contributed by atoms with E-state index in [9.17, 15) is 9.59 Å².